The minimum Gasteiger partial charge on any atom is -0.379 e. The maximum absolute atomic E-state index is 14.3. The average Bonchev–Trinajstić information content (AvgIpc) is 3.06. The number of carbonyl (C=O) groups excluding carboxylic acids is 3. The Morgan fingerprint density at radius 3 is 2.30 bits per heavy atom. The number of amides is 3. The zero-order chi connectivity index (χ0) is 23.6. The van der Waals surface area contributed by atoms with Gasteiger partial charge in [-0.1, -0.05) is 12.1 Å². The van der Waals surface area contributed by atoms with Crippen LogP contribution in [-0.2, 0) is 19.6 Å². The van der Waals surface area contributed by atoms with Gasteiger partial charge in [0.05, 0.1) is 24.3 Å². The van der Waals surface area contributed by atoms with Crippen LogP contribution >= 0.6 is 0 Å². The van der Waals surface area contributed by atoms with Crippen molar-refractivity contribution in [2.75, 3.05) is 38.2 Å². The normalized spacial score (nSPS) is 16.7. The molecule has 0 unspecified atom stereocenters. The molecule has 2 aliphatic heterocycles. The molecule has 33 heavy (non-hydrogen) atoms. The highest BCUT2D eigenvalue weighted by molar-refractivity contribution is 7.89. The topological polar surface area (TPSA) is 113 Å². The van der Waals surface area contributed by atoms with Gasteiger partial charge < -0.3 is 10.1 Å². The summed E-state index contributed by atoms with van der Waals surface area (Å²) in [5, 5.41) is 2.55. The highest BCUT2D eigenvalue weighted by Crippen LogP contribution is 2.25. The highest BCUT2D eigenvalue weighted by atomic mass is 32.2. The number of hydrogen-bond donors (Lipinski definition) is 1. The molecule has 0 bridgehead atoms. The molecule has 4 rings (SSSR count). The molecule has 0 aliphatic carbocycles. The first-order valence-electron chi connectivity index (χ1n) is 10.4. The lowest BCUT2D eigenvalue weighted by atomic mass is 10.1. The number of carbonyl (C=O) groups is 3. The minimum atomic E-state index is -4.07. The third kappa shape index (κ3) is 4.65. The van der Waals surface area contributed by atoms with Crippen molar-refractivity contribution in [3.8, 4) is 0 Å². The minimum absolute atomic E-state index is 0.0175. The van der Waals surface area contributed by atoms with E-state index >= 15 is 0 Å². The van der Waals surface area contributed by atoms with Crippen molar-refractivity contribution >= 4 is 33.4 Å². The van der Waals surface area contributed by atoms with Gasteiger partial charge in [-0.15, -0.1) is 0 Å². The molecule has 0 aromatic heterocycles. The fourth-order valence-electron chi connectivity index (χ4n) is 3.77. The van der Waals surface area contributed by atoms with Gasteiger partial charge in [0.25, 0.3) is 11.8 Å². The molecule has 0 radical (unpaired) electrons. The molecule has 1 saturated heterocycles. The van der Waals surface area contributed by atoms with E-state index in [-0.39, 0.29) is 51.4 Å². The fourth-order valence-corrected chi connectivity index (χ4v) is 5.27. The summed E-state index contributed by atoms with van der Waals surface area (Å²) in [7, 11) is -4.07. The number of nitrogens with one attached hydrogen (secondary N) is 1. The Bertz CT molecular complexity index is 1180. The van der Waals surface area contributed by atoms with Crippen molar-refractivity contribution < 1.29 is 31.9 Å². The summed E-state index contributed by atoms with van der Waals surface area (Å²) in [5.74, 6) is -2.15. The number of fused-ring (bicyclic) bond motifs is 1. The van der Waals surface area contributed by atoms with Crippen LogP contribution in [0, 0.1) is 5.82 Å². The zero-order valence-electron chi connectivity index (χ0n) is 17.6. The monoisotopic (exact) mass is 475 g/mol. The first-order chi connectivity index (χ1) is 15.8. The summed E-state index contributed by atoms with van der Waals surface area (Å²) in [6, 6.07) is 9.87. The van der Waals surface area contributed by atoms with Crippen molar-refractivity contribution in [2.45, 2.75) is 17.7 Å². The maximum atomic E-state index is 14.3. The van der Waals surface area contributed by atoms with Crippen LogP contribution in [0.5, 0.6) is 0 Å². The predicted molar refractivity (Wildman–Crippen MR) is 116 cm³/mol. The lowest BCUT2D eigenvalue weighted by Gasteiger charge is -2.26. The third-order valence-corrected chi connectivity index (χ3v) is 7.38. The van der Waals surface area contributed by atoms with Gasteiger partial charge in [0.15, 0.2) is 0 Å². The standard InChI is InChI=1S/C22H22FN3O6S/c23-18-8-7-15(14-19(18)33(30,31)25-10-12-32-13-11-25)24-20(27)6-3-9-26-21(28)16-4-1-2-5-17(16)22(26)29/h1-2,4-5,7-8,14H,3,6,9-13H2,(H,24,27). The smallest absolute Gasteiger partial charge is 0.261 e. The molecule has 1 fully saturated rings. The van der Waals surface area contributed by atoms with Crippen LogP contribution < -0.4 is 5.32 Å². The Kier molecular flexibility index (Phi) is 6.54. The number of halogens is 1. The molecule has 0 saturated carbocycles. The summed E-state index contributed by atoms with van der Waals surface area (Å²) in [6.07, 6.45) is 0.202. The third-order valence-electron chi connectivity index (χ3n) is 5.47. The summed E-state index contributed by atoms with van der Waals surface area (Å²) >= 11 is 0. The second kappa shape index (κ2) is 9.38. The molecule has 2 heterocycles. The molecule has 0 atom stereocenters. The van der Waals surface area contributed by atoms with E-state index in [0.29, 0.717) is 11.1 Å². The van der Waals surface area contributed by atoms with Gasteiger partial charge in [0.2, 0.25) is 15.9 Å². The summed E-state index contributed by atoms with van der Waals surface area (Å²) in [5.41, 5.74) is 0.813. The van der Waals surface area contributed by atoms with E-state index in [2.05, 4.69) is 5.32 Å². The number of sulfonamides is 1. The number of benzene rings is 2. The van der Waals surface area contributed by atoms with Crippen molar-refractivity contribution in [3.05, 3.63) is 59.4 Å². The summed E-state index contributed by atoms with van der Waals surface area (Å²) < 4.78 is 46.1. The molecule has 3 amide bonds. The molecule has 174 valence electrons. The molecule has 9 nitrogen and oxygen atoms in total. The number of nitrogens with zero attached hydrogens (tertiary/aromatic N) is 2. The van der Waals surface area contributed by atoms with Crippen molar-refractivity contribution in [1.82, 2.24) is 9.21 Å². The number of hydrogen-bond acceptors (Lipinski definition) is 6. The number of morpholine rings is 1. The van der Waals surface area contributed by atoms with E-state index in [9.17, 15) is 27.2 Å². The molecule has 2 aromatic rings. The molecule has 11 heteroatoms. The lowest BCUT2D eigenvalue weighted by molar-refractivity contribution is -0.116. The molecular weight excluding hydrogens is 453 g/mol. The second-order valence-electron chi connectivity index (χ2n) is 7.62. The van der Waals surface area contributed by atoms with Gasteiger partial charge >= 0.3 is 0 Å². The van der Waals surface area contributed by atoms with Crippen molar-refractivity contribution in [1.29, 1.82) is 0 Å². The Labute approximate surface area is 190 Å². The van der Waals surface area contributed by atoms with E-state index in [1.54, 1.807) is 24.3 Å². The zero-order valence-corrected chi connectivity index (χ0v) is 18.4. The van der Waals surface area contributed by atoms with Crippen LogP contribution in [0.2, 0.25) is 0 Å². The van der Waals surface area contributed by atoms with Gasteiger partial charge in [0, 0.05) is 31.7 Å². The highest BCUT2D eigenvalue weighted by Gasteiger charge is 2.34. The van der Waals surface area contributed by atoms with Crippen molar-refractivity contribution in [2.24, 2.45) is 0 Å². The van der Waals surface area contributed by atoms with E-state index < -0.39 is 38.5 Å². The largest absolute Gasteiger partial charge is 0.379 e. The quantitative estimate of drug-likeness (QED) is 0.612. The van der Waals surface area contributed by atoms with Gasteiger partial charge in [-0.05, 0) is 36.8 Å². The fraction of sp³-hybridized carbons (Fsp3) is 0.318. The van der Waals surface area contributed by atoms with Gasteiger partial charge in [-0.2, -0.15) is 4.31 Å². The second-order valence-corrected chi connectivity index (χ2v) is 9.53. The van der Waals surface area contributed by atoms with Crippen LogP contribution in [0.1, 0.15) is 33.6 Å². The number of rotatable bonds is 7. The van der Waals surface area contributed by atoms with Crippen LogP contribution in [0.15, 0.2) is 47.4 Å². The van der Waals surface area contributed by atoms with Crippen LogP contribution in [0.3, 0.4) is 0 Å². The lowest BCUT2D eigenvalue weighted by Crippen LogP contribution is -2.40. The molecular formula is C22H22FN3O6S. The van der Waals surface area contributed by atoms with E-state index in [1.807, 2.05) is 0 Å². The Morgan fingerprint density at radius 2 is 1.67 bits per heavy atom. The number of anilines is 1. The summed E-state index contributed by atoms with van der Waals surface area (Å²) in [6.45, 7) is 0.765. The van der Waals surface area contributed by atoms with Gasteiger partial charge in [-0.3, -0.25) is 19.3 Å². The number of imide groups is 1. The SMILES string of the molecule is O=C(CCCN1C(=O)c2ccccc2C1=O)Nc1ccc(F)c(S(=O)(=O)N2CCOCC2)c1. The first kappa shape index (κ1) is 23.0. The van der Waals surface area contributed by atoms with E-state index in [4.69, 9.17) is 4.74 Å². The Hall–Kier alpha value is -3.15. The summed E-state index contributed by atoms with van der Waals surface area (Å²) in [4.78, 5) is 37.7. The van der Waals surface area contributed by atoms with Gasteiger partial charge in [0.1, 0.15) is 10.7 Å². The maximum Gasteiger partial charge on any atom is 0.261 e. The molecule has 2 aliphatic rings. The molecule has 0 spiro atoms. The van der Waals surface area contributed by atoms with Gasteiger partial charge in [-0.25, -0.2) is 12.8 Å². The van der Waals surface area contributed by atoms with E-state index in [0.717, 1.165) is 21.3 Å². The van der Waals surface area contributed by atoms with Crippen LogP contribution in [0.4, 0.5) is 10.1 Å². The number of ether oxygens (including phenoxy) is 1. The van der Waals surface area contributed by atoms with E-state index in [1.165, 1.54) is 6.07 Å². The predicted octanol–water partition coefficient (Wildman–Crippen LogP) is 1.86. The Morgan fingerprint density at radius 1 is 1.03 bits per heavy atom. The average molecular weight is 475 g/mol. The van der Waals surface area contributed by atoms with Crippen LogP contribution in [-0.4, -0.2) is 68.2 Å². The van der Waals surface area contributed by atoms with Crippen LogP contribution in [0.25, 0.3) is 0 Å². The van der Waals surface area contributed by atoms with Crippen molar-refractivity contribution in [3.63, 3.8) is 0 Å². The first-order valence-corrected chi connectivity index (χ1v) is 11.9. The Balaban J connectivity index is 1.36. The molecule has 1 N–H and O–H groups in total. The molecule has 2 aromatic carbocycles.